The lowest BCUT2D eigenvalue weighted by Gasteiger charge is -1.95. The molecule has 0 spiro atoms. The van der Waals surface area contributed by atoms with Gasteiger partial charge in [-0.1, -0.05) is 93.9 Å². The zero-order valence-corrected chi connectivity index (χ0v) is 13.4. The molecule has 0 heteroatoms. The molecule has 0 rings (SSSR count). The summed E-state index contributed by atoms with van der Waals surface area (Å²) in [6, 6.07) is 0. The molecule has 0 aliphatic rings. The summed E-state index contributed by atoms with van der Waals surface area (Å²) in [6.45, 7) is 17.8. The van der Waals surface area contributed by atoms with E-state index in [2.05, 4.69) is 55.4 Å². The van der Waals surface area contributed by atoms with Crippen molar-refractivity contribution in [2.45, 2.75) is 93.9 Å². The molecule has 0 atom stereocenters. The van der Waals surface area contributed by atoms with Crippen LogP contribution in [-0.4, -0.2) is 0 Å². The number of unbranched alkanes of at least 4 members (excludes halogenated alkanes) is 2. The number of hydrogen-bond acceptors (Lipinski definition) is 0. The molecule has 0 amide bonds. The molecule has 0 aromatic carbocycles. The lowest BCUT2D eigenvalue weighted by molar-refractivity contribution is 0.576. The van der Waals surface area contributed by atoms with Crippen molar-refractivity contribution in [3.05, 3.63) is 0 Å². The summed E-state index contributed by atoms with van der Waals surface area (Å²) in [5, 5.41) is 0. The third kappa shape index (κ3) is 48.3. The molecule has 0 bridgehead atoms. The van der Waals surface area contributed by atoms with Crippen molar-refractivity contribution in [1.82, 2.24) is 0 Å². The predicted octanol–water partition coefficient (Wildman–Crippen LogP) is 6.69. The van der Waals surface area contributed by atoms with Gasteiger partial charge in [0.25, 0.3) is 0 Å². The molecular formula is C16H38. The van der Waals surface area contributed by atoms with Gasteiger partial charge in [-0.2, -0.15) is 0 Å². The molecule has 0 saturated carbocycles. The molecular weight excluding hydrogens is 192 g/mol. The minimum Gasteiger partial charge on any atom is -0.0654 e. The molecule has 0 radical (unpaired) electrons. The average Bonchev–Trinajstić information content (AvgIpc) is 2.20. The fourth-order valence-corrected chi connectivity index (χ4v) is 0.931. The Morgan fingerprint density at radius 1 is 0.625 bits per heavy atom. The quantitative estimate of drug-likeness (QED) is 0.493. The highest BCUT2D eigenvalue weighted by Crippen LogP contribution is 2.00. The molecule has 102 valence electrons. The maximum Gasteiger partial charge on any atom is -0.0471 e. The average molecular weight is 230 g/mol. The number of rotatable bonds is 5. The molecule has 16 heavy (non-hydrogen) atoms. The van der Waals surface area contributed by atoms with E-state index in [-0.39, 0.29) is 0 Å². The second-order valence-electron chi connectivity index (χ2n) is 5.34. The van der Waals surface area contributed by atoms with Gasteiger partial charge < -0.3 is 0 Å². The maximum atomic E-state index is 2.25. The minimum absolute atomic E-state index is 0.884. The summed E-state index contributed by atoms with van der Waals surface area (Å²) in [6.07, 6.45) is 8.09. The zero-order chi connectivity index (χ0) is 13.4. The van der Waals surface area contributed by atoms with Crippen LogP contribution in [0.2, 0.25) is 0 Å². The van der Waals surface area contributed by atoms with E-state index in [0.717, 1.165) is 11.8 Å². The molecule has 0 unspecified atom stereocenters. The van der Waals surface area contributed by atoms with Crippen LogP contribution < -0.4 is 0 Å². The lowest BCUT2D eigenvalue weighted by Crippen LogP contribution is -1.81. The molecule has 0 aromatic rings. The van der Waals surface area contributed by atoms with Crippen molar-refractivity contribution in [3.8, 4) is 0 Å². The van der Waals surface area contributed by atoms with Gasteiger partial charge in [-0.25, -0.2) is 0 Å². The van der Waals surface area contributed by atoms with Gasteiger partial charge in [-0.3, -0.25) is 0 Å². The van der Waals surface area contributed by atoms with E-state index >= 15 is 0 Å². The summed E-state index contributed by atoms with van der Waals surface area (Å²) in [4.78, 5) is 0. The van der Waals surface area contributed by atoms with Crippen LogP contribution in [0.15, 0.2) is 0 Å². The molecule has 0 saturated heterocycles. The van der Waals surface area contributed by atoms with Gasteiger partial charge >= 0.3 is 0 Å². The van der Waals surface area contributed by atoms with E-state index < -0.39 is 0 Å². The van der Waals surface area contributed by atoms with E-state index in [9.17, 15) is 0 Å². The first-order valence-corrected chi connectivity index (χ1v) is 7.45. The predicted molar refractivity (Wildman–Crippen MR) is 80.1 cm³/mol. The van der Waals surface area contributed by atoms with Gasteiger partial charge in [0.05, 0.1) is 0 Å². The first kappa shape index (κ1) is 21.3. The monoisotopic (exact) mass is 230 g/mol. The van der Waals surface area contributed by atoms with Crippen molar-refractivity contribution < 1.29 is 0 Å². The highest BCUT2D eigenvalue weighted by atomic mass is 13.9. The number of hydrogen-bond donors (Lipinski definition) is 0. The Morgan fingerprint density at radius 2 is 1.00 bits per heavy atom. The first-order valence-electron chi connectivity index (χ1n) is 7.45. The van der Waals surface area contributed by atoms with E-state index in [1.807, 2.05) is 0 Å². The van der Waals surface area contributed by atoms with Crippen LogP contribution in [0.5, 0.6) is 0 Å². The Balaban J connectivity index is -0.000000160. The Labute approximate surface area is 106 Å². The summed E-state index contributed by atoms with van der Waals surface area (Å²) in [5.74, 6) is 1.78. The fraction of sp³-hybridized carbons (Fsp3) is 1.00. The van der Waals surface area contributed by atoms with Gasteiger partial charge in [0.1, 0.15) is 0 Å². The zero-order valence-electron chi connectivity index (χ0n) is 13.4. The Hall–Kier alpha value is 0. The van der Waals surface area contributed by atoms with Gasteiger partial charge in [0, 0.05) is 0 Å². The maximum absolute atomic E-state index is 2.25. The Kier molecular flexibility index (Phi) is 27.2. The second kappa shape index (κ2) is 20.4. The van der Waals surface area contributed by atoms with Crippen molar-refractivity contribution in [3.63, 3.8) is 0 Å². The fourth-order valence-electron chi connectivity index (χ4n) is 0.931. The minimum atomic E-state index is 0.884. The SMILES string of the molecule is CCC(C)C.CCCC(C)C.CCCCC. The normalized spacial score (nSPS) is 9.38. The molecule has 0 nitrogen and oxygen atoms in total. The van der Waals surface area contributed by atoms with Crippen LogP contribution in [0, 0.1) is 11.8 Å². The van der Waals surface area contributed by atoms with Gasteiger partial charge in [-0.05, 0) is 11.8 Å². The summed E-state index contributed by atoms with van der Waals surface area (Å²) >= 11 is 0. The standard InChI is InChI=1S/C6H14.2C5H12/c1-4-5-6(2)3;1-4-5(2)3;1-3-5-4-2/h6H,4-5H2,1-3H3;5H,4H2,1-3H3;3-5H2,1-2H3. The second-order valence-corrected chi connectivity index (χ2v) is 5.34. The highest BCUT2D eigenvalue weighted by molar-refractivity contribution is 4.38. The van der Waals surface area contributed by atoms with Crippen LogP contribution in [-0.2, 0) is 0 Å². The molecule has 0 aliphatic carbocycles. The largest absolute Gasteiger partial charge is 0.0654 e. The van der Waals surface area contributed by atoms with Crippen LogP contribution in [0.4, 0.5) is 0 Å². The summed E-state index contributed by atoms with van der Waals surface area (Å²) in [5.41, 5.74) is 0. The first-order chi connectivity index (χ1) is 7.45. The lowest BCUT2D eigenvalue weighted by atomic mass is 10.1. The van der Waals surface area contributed by atoms with Gasteiger partial charge in [0.15, 0.2) is 0 Å². The van der Waals surface area contributed by atoms with Crippen molar-refractivity contribution in [2.75, 3.05) is 0 Å². The van der Waals surface area contributed by atoms with Gasteiger partial charge in [0.2, 0.25) is 0 Å². The van der Waals surface area contributed by atoms with E-state index in [1.54, 1.807) is 0 Å². The molecule has 0 fully saturated rings. The Bertz CT molecular complexity index is 80.0. The smallest absolute Gasteiger partial charge is 0.0471 e. The third-order valence-electron chi connectivity index (χ3n) is 2.39. The van der Waals surface area contributed by atoms with E-state index in [1.165, 1.54) is 38.5 Å². The van der Waals surface area contributed by atoms with Crippen molar-refractivity contribution in [2.24, 2.45) is 11.8 Å². The molecule has 0 aliphatic heterocycles. The van der Waals surface area contributed by atoms with Crippen LogP contribution in [0.25, 0.3) is 0 Å². The van der Waals surface area contributed by atoms with E-state index in [0.29, 0.717) is 0 Å². The van der Waals surface area contributed by atoms with Crippen molar-refractivity contribution in [1.29, 1.82) is 0 Å². The van der Waals surface area contributed by atoms with Gasteiger partial charge in [-0.15, -0.1) is 0 Å². The van der Waals surface area contributed by atoms with Crippen molar-refractivity contribution >= 4 is 0 Å². The topological polar surface area (TPSA) is 0 Å². The third-order valence-corrected chi connectivity index (χ3v) is 2.39. The summed E-state index contributed by atoms with van der Waals surface area (Å²) < 4.78 is 0. The molecule has 0 N–H and O–H groups in total. The summed E-state index contributed by atoms with van der Waals surface area (Å²) in [7, 11) is 0. The van der Waals surface area contributed by atoms with Crippen LogP contribution in [0.3, 0.4) is 0 Å². The molecule has 0 heterocycles. The van der Waals surface area contributed by atoms with Crippen LogP contribution in [0.1, 0.15) is 93.9 Å². The van der Waals surface area contributed by atoms with E-state index in [4.69, 9.17) is 0 Å². The highest BCUT2D eigenvalue weighted by Gasteiger charge is 1.85. The van der Waals surface area contributed by atoms with Crippen LogP contribution >= 0.6 is 0 Å². The molecule has 0 aromatic heterocycles. The Morgan fingerprint density at radius 3 is 1.00 bits per heavy atom.